The van der Waals surface area contributed by atoms with Crippen LogP contribution in [0.1, 0.15) is 26.7 Å². The fraction of sp³-hybridized carbons (Fsp3) is 0.800. The third-order valence-electron chi connectivity index (χ3n) is 2.80. The number of ketones is 1. The highest BCUT2D eigenvalue weighted by molar-refractivity contribution is 5.83. The lowest BCUT2D eigenvalue weighted by atomic mass is 9.73. The first-order valence-corrected chi connectivity index (χ1v) is 4.65. The summed E-state index contributed by atoms with van der Waals surface area (Å²) in [5.41, 5.74) is 0. The number of ether oxygens (including phenoxy) is 1. The molecule has 2 atom stereocenters. The summed E-state index contributed by atoms with van der Waals surface area (Å²) in [5.74, 6) is 0.253. The molecular weight excluding hydrogens is 168 g/mol. The first kappa shape index (κ1) is 10.2. The maximum Gasteiger partial charge on any atom is 0.309 e. The smallest absolute Gasteiger partial charge is 0.309 e. The zero-order chi connectivity index (χ0) is 10.0. The predicted molar refractivity (Wildman–Crippen MR) is 48.1 cm³/mol. The summed E-state index contributed by atoms with van der Waals surface area (Å²) >= 11 is 0. The minimum atomic E-state index is -0.174. The summed E-state index contributed by atoms with van der Waals surface area (Å²) in [6, 6.07) is 0. The second-order valence-corrected chi connectivity index (χ2v) is 3.95. The summed E-state index contributed by atoms with van der Waals surface area (Å²) in [6.07, 6.45) is 1.04. The van der Waals surface area contributed by atoms with Gasteiger partial charge in [-0.3, -0.25) is 9.59 Å². The quantitative estimate of drug-likeness (QED) is 0.579. The van der Waals surface area contributed by atoms with Crippen LogP contribution in [0, 0.1) is 17.8 Å². The molecule has 1 rings (SSSR count). The zero-order valence-corrected chi connectivity index (χ0v) is 8.37. The topological polar surface area (TPSA) is 43.4 Å². The Morgan fingerprint density at radius 1 is 1.31 bits per heavy atom. The average molecular weight is 184 g/mol. The van der Waals surface area contributed by atoms with E-state index in [0.29, 0.717) is 12.8 Å². The second-order valence-electron chi connectivity index (χ2n) is 3.95. The fourth-order valence-corrected chi connectivity index (χ4v) is 2.22. The number of hydrogen-bond donors (Lipinski definition) is 0. The summed E-state index contributed by atoms with van der Waals surface area (Å²) in [6.45, 7) is 3.88. The van der Waals surface area contributed by atoms with Gasteiger partial charge in [0.25, 0.3) is 0 Å². The molecule has 1 aliphatic rings. The van der Waals surface area contributed by atoms with E-state index in [2.05, 4.69) is 0 Å². The summed E-state index contributed by atoms with van der Waals surface area (Å²) in [7, 11) is 1.40. The van der Waals surface area contributed by atoms with Crippen LogP contribution < -0.4 is 0 Å². The lowest BCUT2D eigenvalue weighted by Crippen LogP contribution is -2.36. The maximum atomic E-state index is 11.4. The van der Waals surface area contributed by atoms with Crippen molar-refractivity contribution in [2.75, 3.05) is 7.11 Å². The predicted octanol–water partition coefficient (Wildman–Crippen LogP) is 1.41. The van der Waals surface area contributed by atoms with Crippen LogP contribution in [0.4, 0.5) is 0 Å². The lowest BCUT2D eigenvalue weighted by Gasteiger charge is -2.31. The SMILES string of the molecule is COC(=O)C1[C@@H](C)CC(=O)C[C@@H]1C. The van der Waals surface area contributed by atoms with Gasteiger partial charge in [-0.25, -0.2) is 0 Å². The molecule has 0 spiro atoms. The van der Waals surface area contributed by atoms with Gasteiger partial charge in [0.05, 0.1) is 13.0 Å². The molecule has 3 nitrogen and oxygen atoms in total. The van der Waals surface area contributed by atoms with Crippen molar-refractivity contribution in [3.05, 3.63) is 0 Å². The third kappa shape index (κ3) is 2.08. The number of carbonyl (C=O) groups excluding carboxylic acids is 2. The number of esters is 1. The molecule has 1 saturated carbocycles. The van der Waals surface area contributed by atoms with Crippen LogP contribution in [-0.4, -0.2) is 18.9 Å². The molecule has 74 valence electrons. The van der Waals surface area contributed by atoms with Gasteiger partial charge in [0, 0.05) is 12.8 Å². The van der Waals surface area contributed by atoms with Crippen LogP contribution in [0.3, 0.4) is 0 Å². The highest BCUT2D eigenvalue weighted by Crippen LogP contribution is 2.33. The molecule has 0 heterocycles. The molecular formula is C10H16O3. The molecule has 0 unspecified atom stereocenters. The number of Topliss-reactive ketones (excluding diaryl/α,β-unsaturated/α-hetero) is 1. The van der Waals surface area contributed by atoms with Crippen LogP contribution >= 0.6 is 0 Å². The lowest BCUT2D eigenvalue weighted by molar-refractivity contribution is -0.151. The highest BCUT2D eigenvalue weighted by atomic mass is 16.5. The first-order valence-electron chi connectivity index (χ1n) is 4.65. The first-order chi connectivity index (χ1) is 6.06. The Morgan fingerprint density at radius 3 is 2.15 bits per heavy atom. The monoisotopic (exact) mass is 184 g/mol. The van der Waals surface area contributed by atoms with Gasteiger partial charge < -0.3 is 4.74 Å². The summed E-state index contributed by atoms with van der Waals surface area (Å²) in [4.78, 5) is 22.5. The molecule has 3 heteroatoms. The van der Waals surface area contributed by atoms with Gasteiger partial charge in [-0.1, -0.05) is 13.8 Å². The summed E-state index contributed by atoms with van der Waals surface area (Å²) in [5, 5.41) is 0. The normalized spacial score (nSPS) is 30.2. The Hall–Kier alpha value is -0.860. The van der Waals surface area contributed by atoms with Gasteiger partial charge in [-0.2, -0.15) is 0 Å². The number of rotatable bonds is 1. The van der Waals surface area contributed by atoms with Crippen LogP contribution in [0.5, 0.6) is 0 Å². The number of hydrogen-bond acceptors (Lipinski definition) is 3. The van der Waals surface area contributed by atoms with Gasteiger partial charge >= 0.3 is 5.97 Å². The van der Waals surface area contributed by atoms with Crippen molar-refractivity contribution in [1.29, 1.82) is 0 Å². The van der Waals surface area contributed by atoms with E-state index in [4.69, 9.17) is 4.74 Å². The van der Waals surface area contributed by atoms with Gasteiger partial charge in [-0.15, -0.1) is 0 Å². The van der Waals surface area contributed by atoms with Crippen LogP contribution in [-0.2, 0) is 14.3 Å². The van der Waals surface area contributed by atoms with Crippen molar-refractivity contribution in [3.8, 4) is 0 Å². The Balaban J connectivity index is 2.72. The van der Waals surface area contributed by atoms with E-state index in [0.717, 1.165) is 0 Å². The van der Waals surface area contributed by atoms with E-state index < -0.39 is 0 Å². The zero-order valence-electron chi connectivity index (χ0n) is 8.37. The molecule has 0 aliphatic heterocycles. The van der Waals surface area contributed by atoms with Crippen LogP contribution in [0.25, 0.3) is 0 Å². The van der Waals surface area contributed by atoms with Crippen molar-refractivity contribution in [1.82, 2.24) is 0 Å². The Bertz CT molecular complexity index is 208. The highest BCUT2D eigenvalue weighted by Gasteiger charge is 2.37. The van der Waals surface area contributed by atoms with Crippen LogP contribution in [0.15, 0.2) is 0 Å². The van der Waals surface area contributed by atoms with Crippen molar-refractivity contribution in [2.24, 2.45) is 17.8 Å². The van der Waals surface area contributed by atoms with Crippen molar-refractivity contribution < 1.29 is 14.3 Å². The molecule has 0 N–H and O–H groups in total. The minimum Gasteiger partial charge on any atom is -0.469 e. The molecule has 0 amide bonds. The Labute approximate surface area is 78.5 Å². The second kappa shape index (κ2) is 3.90. The van der Waals surface area contributed by atoms with Gasteiger partial charge in [0.1, 0.15) is 5.78 Å². The van der Waals surface area contributed by atoms with E-state index in [1.54, 1.807) is 0 Å². The molecule has 0 saturated heterocycles. The largest absolute Gasteiger partial charge is 0.469 e. The molecule has 0 radical (unpaired) electrons. The molecule has 0 aromatic heterocycles. The van der Waals surface area contributed by atoms with Crippen molar-refractivity contribution in [2.45, 2.75) is 26.7 Å². The van der Waals surface area contributed by atoms with E-state index in [1.165, 1.54) is 7.11 Å². The van der Waals surface area contributed by atoms with Crippen molar-refractivity contribution >= 4 is 11.8 Å². The van der Waals surface area contributed by atoms with E-state index in [9.17, 15) is 9.59 Å². The Morgan fingerprint density at radius 2 is 1.77 bits per heavy atom. The van der Waals surface area contributed by atoms with E-state index in [1.807, 2.05) is 13.8 Å². The van der Waals surface area contributed by atoms with E-state index >= 15 is 0 Å². The fourth-order valence-electron chi connectivity index (χ4n) is 2.22. The third-order valence-corrected chi connectivity index (χ3v) is 2.80. The molecule has 0 bridgehead atoms. The molecule has 1 fully saturated rings. The number of methoxy groups -OCH3 is 1. The molecule has 13 heavy (non-hydrogen) atoms. The standard InChI is InChI=1S/C10H16O3/c1-6-4-8(11)5-7(2)9(6)10(12)13-3/h6-7,9H,4-5H2,1-3H3/t6-,7-/m0/s1. The van der Waals surface area contributed by atoms with Gasteiger partial charge in [0.2, 0.25) is 0 Å². The van der Waals surface area contributed by atoms with Crippen molar-refractivity contribution in [3.63, 3.8) is 0 Å². The van der Waals surface area contributed by atoms with Gasteiger partial charge in [-0.05, 0) is 11.8 Å². The average Bonchev–Trinajstić information content (AvgIpc) is 2.02. The molecule has 0 aromatic rings. The molecule has 0 aromatic carbocycles. The van der Waals surface area contributed by atoms with Gasteiger partial charge in [0.15, 0.2) is 0 Å². The minimum absolute atomic E-state index is 0.0947. The van der Waals surface area contributed by atoms with E-state index in [-0.39, 0.29) is 29.5 Å². The number of carbonyl (C=O) groups is 2. The van der Waals surface area contributed by atoms with Crippen LogP contribution in [0.2, 0.25) is 0 Å². The Kier molecular flexibility index (Phi) is 3.07. The summed E-state index contributed by atoms with van der Waals surface area (Å²) < 4.78 is 4.72. The maximum absolute atomic E-state index is 11.4. The molecule has 1 aliphatic carbocycles.